The lowest BCUT2D eigenvalue weighted by atomic mass is 10.2. The Bertz CT molecular complexity index is 425. The number of piperazine rings is 1. The summed E-state index contributed by atoms with van der Waals surface area (Å²) in [5.74, 6) is 1.61. The summed E-state index contributed by atoms with van der Waals surface area (Å²) in [4.78, 5) is 14.0. The summed E-state index contributed by atoms with van der Waals surface area (Å²) < 4.78 is 0. The van der Waals surface area contributed by atoms with Crippen molar-refractivity contribution in [3.05, 3.63) is 17.5 Å². The molecule has 2 aliphatic rings. The molecule has 2 fully saturated rings. The zero-order valence-electron chi connectivity index (χ0n) is 10.8. The molecule has 0 bridgehead atoms. The van der Waals surface area contributed by atoms with Crippen molar-refractivity contribution in [3.63, 3.8) is 0 Å². The van der Waals surface area contributed by atoms with Crippen LogP contribution < -0.4 is 4.90 Å². The highest BCUT2D eigenvalue weighted by Crippen LogP contribution is 2.41. The maximum Gasteiger partial charge on any atom is 0.225 e. The summed E-state index contributed by atoms with van der Waals surface area (Å²) in [7, 11) is 2.17. The van der Waals surface area contributed by atoms with Crippen molar-refractivity contribution in [3.8, 4) is 0 Å². The average molecular weight is 311 g/mol. The van der Waals surface area contributed by atoms with Gasteiger partial charge in [-0.05, 0) is 19.9 Å². The minimum atomic E-state index is 0.687. The number of rotatable bonds is 3. The first-order valence-electron chi connectivity index (χ1n) is 6.63. The third-order valence-electron chi connectivity index (χ3n) is 3.78. The van der Waals surface area contributed by atoms with Crippen molar-refractivity contribution in [1.29, 1.82) is 0 Å². The first-order valence-corrected chi connectivity index (χ1v) is 7.75. The van der Waals surface area contributed by atoms with Gasteiger partial charge < -0.3 is 9.80 Å². The molecule has 0 amide bonds. The van der Waals surface area contributed by atoms with Crippen LogP contribution in [0.3, 0.4) is 0 Å². The predicted octanol–water partition coefficient (Wildman–Crippen LogP) is 2.00. The third-order valence-corrected chi connectivity index (χ3v) is 4.38. The quantitative estimate of drug-likeness (QED) is 0.799. The van der Waals surface area contributed by atoms with Gasteiger partial charge in [-0.3, -0.25) is 0 Å². The zero-order chi connectivity index (χ0) is 12.5. The molecular formula is C13H19BrN4. The standard InChI is InChI=1S/C13H19BrN4/c1-17-4-6-18(7-5-17)13-15-9-11(8-14)12(16-13)10-2-3-10/h9-10H,2-8H2,1H3. The van der Waals surface area contributed by atoms with Gasteiger partial charge >= 0.3 is 0 Å². The number of halogens is 1. The van der Waals surface area contributed by atoms with Gasteiger partial charge in [0.15, 0.2) is 0 Å². The van der Waals surface area contributed by atoms with Crippen LogP contribution in [0.4, 0.5) is 5.95 Å². The monoisotopic (exact) mass is 310 g/mol. The highest BCUT2D eigenvalue weighted by Gasteiger charge is 2.29. The van der Waals surface area contributed by atoms with Crippen molar-refractivity contribution in [2.24, 2.45) is 0 Å². The van der Waals surface area contributed by atoms with E-state index in [9.17, 15) is 0 Å². The van der Waals surface area contributed by atoms with Crippen molar-refractivity contribution >= 4 is 21.9 Å². The van der Waals surface area contributed by atoms with Crippen LogP contribution >= 0.6 is 15.9 Å². The Morgan fingerprint density at radius 3 is 2.61 bits per heavy atom. The number of nitrogens with zero attached hydrogens (tertiary/aromatic N) is 4. The molecule has 4 nitrogen and oxygen atoms in total. The second-order valence-electron chi connectivity index (χ2n) is 5.28. The zero-order valence-corrected chi connectivity index (χ0v) is 12.4. The topological polar surface area (TPSA) is 32.3 Å². The number of likely N-dealkylation sites (N-methyl/N-ethyl adjacent to an activating group) is 1. The molecule has 1 aliphatic carbocycles. The highest BCUT2D eigenvalue weighted by atomic mass is 79.9. The molecule has 1 aromatic rings. The lowest BCUT2D eigenvalue weighted by molar-refractivity contribution is 0.311. The van der Waals surface area contributed by atoms with E-state index >= 15 is 0 Å². The van der Waals surface area contributed by atoms with E-state index in [1.165, 1.54) is 24.1 Å². The number of aromatic nitrogens is 2. The van der Waals surface area contributed by atoms with Crippen LogP contribution in [-0.2, 0) is 5.33 Å². The number of hydrogen-bond donors (Lipinski definition) is 0. The fourth-order valence-corrected chi connectivity index (χ4v) is 2.81. The van der Waals surface area contributed by atoms with E-state index < -0.39 is 0 Å². The SMILES string of the molecule is CN1CCN(c2ncc(CBr)c(C3CC3)n2)CC1. The van der Waals surface area contributed by atoms with E-state index in [0.29, 0.717) is 5.92 Å². The minimum Gasteiger partial charge on any atom is -0.338 e. The van der Waals surface area contributed by atoms with Gasteiger partial charge in [-0.15, -0.1) is 0 Å². The van der Waals surface area contributed by atoms with Gasteiger partial charge in [-0.2, -0.15) is 0 Å². The van der Waals surface area contributed by atoms with Crippen LogP contribution in [0.25, 0.3) is 0 Å². The Hall–Kier alpha value is -0.680. The average Bonchev–Trinajstić information content (AvgIpc) is 3.23. The number of anilines is 1. The molecule has 0 spiro atoms. The summed E-state index contributed by atoms with van der Waals surface area (Å²) in [6.45, 7) is 4.27. The van der Waals surface area contributed by atoms with E-state index in [2.05, 4.69) is 37.8 Å². The molecule has 2 heterocycles. The van der Waals surface area contributed by atoms with Crippen LogP contribution in [0.1, 0.15) is 30.0 Å². The molecule has 0 N–H and O–H groups in total. The Balaban J connectivity index is 1.81. The maximum atomic E-state index is 4.82. The highest BCUT2D eigenvalue weighted by molar-refractivity contribution is 9.08. The molecule has 98 valence electrons. The molecule has 0 radical (unpaired) electrons. The summed E-state index contributed by atoms with van der Waals surface area (Å²) in [5.41, 5.74) is 2.53. The van der Waals surface area contributed by atoms with Gasteiger partial charge in [-0.25, -0.2) is 9.97 Å². The lowest BCUT2D eigenvalue weighted by Crippen LogP contribution is -2.45. The van der Waals surface area contributed by atoms with E-state index in [-0.39, 0.29) is 0 Å². The molecule has 0 aromatic carbocycles. The molecule has 18 heavy (non-hydrogen) atoms. The molecule has 1 aliphatic heterocycles. The first-order chi connectivity index (χ1) is 8.78. The number of hydrogen-bond acceptors (Lipinski definition) is 4. The summed E-state index contributed by atoms with van der Waals surface area (Å²) in [6.07, 6.45) is 4.58. The van der Waals surface area contributed by atoms with Crippen LogP contribution in [-0.4, -0.2) is 48.1 Å². The third kappa shape index (κ3) is 2.52. The van der Waals surface area contributed by atoms with Crippen molar-refractivity contribution in [2.45, 2.75) is 24.1 Å². The molecule has 5 heteroatoms. The molecule has 1 saturated carbocycles. The largest absolute Gasteiger partial charge is 0.338 e. The fraction of sp³-hybridized carbons (Fsp3) is 0.692. The van der Waals surface area contributed by atoms with Crippen molar-refractivity contribution in [2.75, 3.05) is 38.1 Å². The molecule has 3 rings (SSSR count). The molecule has 0 unspecified atom stereocenters. The van der Waals surface area contributed by atoms with E-state index in [4.69, 9.17) is 4.98 Å². The van der Waals surface area contributed by atoms with E-state index in [1.54, 1.807) is 0 Å². The van der Waals surface area contributed by atoms with Gasteiger partial charge in [0.05, 0.1) is 5.69 Å². The summed E-state index contributed by atoms with van der Waals surface area (Å²) in [5, 5.41) is 0.863. The minimum absolute atomic E-state index is 0.687. The second kappa shape index (κ2) is 5.13. The first kappa shape index (κ1) is 12.4. The Labute approximate surface area is 117 Å². The van der Waals surface area contributed by atoms with Crippen molar-refractivity contribution < 1.29 is 0 Å². The van der Waals surface area contributed by atoms with Gasteiger partial charge in [0.1, 0.15) is 0 Å². The Kier molecular flexibility index (Phi) is 3.52. The van der Waals surface area contributed by atoms with Gasteiger partial charge in [0.25, 0.3) is 0 Å². The van der Waals surface area contributed by atoms with Crippen LogP contribution in [0.5, 0.6) is 0 Å². The van der Waals surface area contributed by atoms with Crippen molar-refractivity contribution in [1.82, 2.24) is 14.9 Å². The molecular weight excluding hydrogens is 292 g/mol. The summed E-state index contributed by atoms with van der Waals surface area (Å²) in [6, 6.07) is 0. The normalized spacial score (nSPS) is 21.3. The number of alkyl halides is 1. The van der Waals surface area contributed by atoms with Gasteiger partial charge in [-0.1, -0.05) is 15.9 Å². The lowest BCUT2D eigenvalue weighted by Gasteiger charge is -2.32. The molecule has 1 aromatic heterocycles. The smallest absolute Gasteiger partial charge is 0.225 e. The predicted molar refractivity (Wildman–Crippen MR) is 76.3 cm³/mol. The Morgan fingerprint density at radius 2 is 2.00 bits per heavy atom. The maximum absolute atomic E-state index is 4.82. The Morgan fingerprint density at radius 1 is 1.28 bits per heavy atom. The van der Waals surface area contributed by atoms with Crippen LogP contribution in [0.15, 0.2) is 6.20 Å². The summed E-state index contributed by atoms with van der Waals surface area (Å²) >= 11 is 3.53. The fourth-order valence-electron chi connectivity index (χ4n) is 2.38. The van der Waals surface area contributed by atoms with E-state index in [0.717, 1.165) is 37.5 Å². The molecule has 0 atom stereocenters. The van der Waals surface area contributed by atoms with Crippen LogP contribution in [0, 0.1) is 0 Å². The van der Waals surface area contributed by atoms with Gasteiger partial charge in [0, 0.05) is 49.2 Å². The molecule has 1 saturated heterocycles. The van der Waals surface area contributed by atoms with Gasteiger partial charge in [0.2, 0.25) is 5.95 Å². The second-order valence-corrected chi connectivity index (χ2v) is 5.84. The van der Waals surface area contributed by atoms with E-state index in [1.807, 2.05) is 6.20 Å². The van der Waals surface area contributed by atoms with Crippen LogP contribution in [0.2, 0.25) is 0 Å².